The summed E-state index contributed by atoms with van der Waals surface area (Å²) in [5, 5.41) is 18.7. The van der Waals surface area contributed by atoms with Crippen molar-refractivity contribution in [3.8, 4) is 11.5 Å². The summed E-state index contributed by atoms with van der Waals surface area (Å²) in [6.45, 7) is 0.0292. The van der Waals surface area contributed by atoms with Crippen LogP contribution < -0.4 is 4.74 Å². The first-order valence-electron chi connectivity index (χ1n) is 6.27. The smallest absolute Gasteiger partial charge is 0.305 e. The molecular formula is C14H13NO5S2. The molecule has 0 radical (unpaired) electrons. The number of phenols is 1. The fourth-order valence-corrected chi connectivity index (χ4v) is 3.16. The van der Waals surface area contributed by atoms with Gasteiger partial charge >= 0.3 is 5.97 Å². The molecule has 1 heterocycles. The predicted octanol–water partition coefficient (Wildman–Crippen LogP) is 2.08. The predicted molar refractivity (Wildman–Crippen MR) is 86.8 cm³/mol. The first kappa shape index (κ1) is 16.3. The number of methoxy groups -OCH3 is 1. The van der Waals surface area contributed by atoms with Gasteiger partial charge < -0.3 is 14.9 Å². The van der Waals surface area contributed by atoms with E-state index in [0.717, 1.165) is 11.8 Å². The third-order valence-electron chi connectivity index (χ3n) is 2.96. The normalized spacial score (nSPS) is 16.4. The van der Waals surface area contributed by atoms with Gasteiger partial charge in [0.05, 0.1) is 18.4 Å². The van der Waals surface area contributed by atoms with Crippen molar-refractivity contribution in [2.75, 3.05) is 13.7 Å². The number of para-hydroxylation sites is 1. The highest BCUT2D eigenvalue weighted by Gasteiger charge is 2.32. The Kier molecular flexibility index (Phi) is 5.04. The molecule has 2 rings (SSSR count). The third-order valence-corrected chi connectivity index (χ3v) is 4.34. The minimum Gasteiger partial charge on any atom is -0.504 e. The number of benzene rings is 1. The van der Waals surface area contributed by atoms with E-state index in [1.54, 1.807) is 18.2 Å². The van der Waals surface area contributed by atoms with E-state index in [1.165, 1.54) is 18.1 Å². The van der Waals surface area contributed by atoms with E-state index >= 15 is 0 Å². The lowest BCUT2D eigenvalue weighted by atomic mass is 10.1. The Morgan fingerprint density at radius 1 is 1.50 bits per heavy atom. The first-order chi connectivity index (χ1) is 10.4. The summed E-state index contributed by atoms with van der Waals surface area (Å²) in [5.74, 6) is -1.13. The number of hydrogen-bond donors (Lipinski definition) is 2. The first-order valence-corrected chi connectivity index (χ1v) is 7.49. The van der Waals surface area contributed by atoms with Crippen LogP contribution in [0.3, 0.4) is 0 Å². The number of thioether (sulfide) groups is 1. The van der Waals surface area contributed by atoms with Crippen molar-refractivity contribution in [1.29, 1.82) is 0 Å². The Morgan fingerprint density at radius 3 is 2.86 bits per heavy atom. The fraction of sp³-hybridized carbons (Fsp3) is 0.214. The maximum Gasteiger partial charge on any atom is 0.305 e. The van der Waals surface area contributed by atoms with Crippen LogP contribution in [-0.4, -0.2) is 45.0 Å². The van der Waals surface area contributed by atoms with Gasteiger partial charge in [-0.3, -0.25) is 14.5 Å². The molecule has 1 fully saturated rings. The molecule has 6 nitrogen and oxygen atoms in total. The minimum absolute atomic E-state index is 0.0292. The number of ether oxygens (including phenoxy) is 1. The zero-order valence-electron chi connectivity index (χ0n) is 11.6. The lowest BCUT2D eigenvalue weighted by Crippen LogP contribution is -2.30. The van der Waals surface area contributed by atoms with E-state index in [2.05, 4.69) is 0 Å². The van der Waals surface area contributed by atoms with Crippen molar-refractivity contribution < 1.29 is 24.5 Å². The lowest BCUT2D eigenvalue weighted by Gasteiger charge is -2.12. The second-order valence-corrected chi connectivity index (χ2v) is 6.05. The molecule has 0 aromatic heterocycles. The summed E-state index contributed by atoms with van der Waals surface area (Å²) in [4.78, 5) is 24.4. The molecule has 8 heteroatoms. The van der Waals surface area contributed by atoms with Crippen LogP contribution >= 0.6 is 24.0 Å². The topological polar surface area (TPSA) is 87.1 Å². The van der Waals surface area contributed by atoms with Gasteiger partial charge in [0.15, 0.2) is 11.5 Å². The second kappa shape index (κ2) is 6.80. The number of nitrogens with zero attached hydrogens (tertiary/aromatic N) is 1. The average molecular weight is 339 g/mol. The molecule has 0 atom stereocenters. The van der Waals surface area contributed by atoms with Crippen molar-refractivity contribution in [3.05, 3.63) is 28.7 Å². The molecular weight excluding hydrogens is 326 g/mol. The SMILES string of the molecule is COc1cccc(C=C2SC(=S)N(CCC(=O)O)C2=O)c1O. The van der Waals surface area contributed by atoms with Gasteiger partial charge in [0, 0.05) is 12.1 Å². The summed E-state index contributed by atoms with van der Waals surface area (Å²) >= 11 is 6.17. The monoisotopic (exact) mass is 339 g/mol. The zero-order chi connectivity index (χ0) is 16.3. The maximum absolute atomic E-state index is 12.2. The highest BCUT2D eigenvalue weighted by Crippen LogP contribution is 2.36. The van der Waals surface area contributed by atoms with Crippen LogP contribution in [0.2, 0.25) is 0 Å². The Hall–Kier alpha value is -2.06. The van der Waals surface area contributed by atoms with Crippen molar-refractivity contribution in [3.63, 3.8) is 0 Å². The third kappa shape index (κ3) is 3.40. The Morgan fingerprint density at radius 2 is 2.23 bits per heavy atom. The van der Waals surface area contributed by atoms with Crippen LogP contribution in [0.15, 0.2) is 23.1 Å². The van der Waals surface area contributed by atoms with Crippen LogP contribution in [0.4, 0.5) is 0 Å². The molecule has 22 heavy (non-hydrogen) atoms. The molecule has 0 unspecified atom stereocenters. The number of rotatable bonds is 5. The highest BCUT2D eigenvalue weighted by atomic mass is 32.2. The standard InChI is InChI=1S/C14H13NO5S2/c1-20-9-4-2-3-8(12(9)18)7-10-13(19)15(14(21)22-10)6-5-11(16)17/h2-4,7,18H,5-6H2,1H3,(H,16,17). The van der Waals surface area contributed by atoms with E-state index in [9.17, 15) is 14.7 Å². The molecule has 0 aliphatic carbocycles. The summed E-state index contributed by atoms with van der Waals surface area (Å²) < 4.78 is 5.32. The van der Waals surface area contributed by atoms with E-state index in [1.807, 2.05) is 0 Å². The van der Waals surface area contributed by atoms with Gasteiger partial charge in [0.1, 0.15) is 4.32 Å². The molecule has 1 saturated heterocycles. The van der Waals surface area contributed by atoms with Gasteiger partial charge in [-0.15, -0.1) is 0 Å². The quantitative estimate of drug-likeness (QED) is 0.627. The zero-order valence-corrected chi connectivity index (χ0v) is 13.2. The number of amides is 1. The number of carbonyl (C=O) groups is 2. The second-order valence-electron chi connectivity index (χ2n) is 4.38. The van der Waals surface area contributed by atoms with Gasteiger partial charge in [-0.2, -0.15) is 0 Å². The Labute approximate surface area is 136 Å². The molecule has 0 spiro atoms. The molecule has 1 aromatic rings. The van der Waals surface area contributed by atoms with Crippen LogP contribution in [0, 0.1) is 0 Å². The Bertz CT molecular complexity index is 671. The number of carbonyl (C=O) groups excluding carboxylic acids is 1. The van der Waals surface area contributed by atoms with Crippen molar-refractivity contribution >= 4 is 46.3 Å². The minimum atomic E-state index is -0.997. The van der Waals surface area contributed by atoms with Gasteiger partial charge in [-0.1, -0.05) is 36.1 Å². The fourth-order valence-electron chi connectivity index (χ4n) is 1.86. The summed E-state index contributed by atoms with van der Waals surface area (Å²) in [5.41, 5.74) is 0.429. The number of carboxylic acids is 1. The van der Waals surface area contributed by atoms with Crippen molar-refractivity contribution in [2.24, 2.45) is 0 Å². The Balaban J connectivity index is 2.25. The molecule has 116 valence electrons. The number of carboxylic acid groups (broad SMARTS) is 1. The van der Waals surface area contributed by atoms with Crippen LogP contribution in [0.5, 0.6) is 11.5 Å². The number of aliphatic carboxylic acids is 1. The number of hydrogen-bond acceptors (Lipinski definition) is 6. The molecule has 1 amide bonds. The summed E-state index contributed by atoms with van der Waals surface area (Å²) in [6, 6.07) is 4.93. The lowest BCUT2D eigenvalue weighted by molar-refractivity contribution is -0.137. The maximum atomic E-state index is 12.2. The van der Waals surface area contributed by atoms with Gasteiger partial charge in [0.2, 0.25) is 0 Å². The molecule has 1 aliphatic heterocycles. The average Bonchev–Trinajstić information content (AvgIpc) is 2.73. The molecule has 1 aliphatic rings. The van der Waals surface area contributed by atoms with Gasteiger partial charge in [-0.05, 0) is 12.1 Å². The van der Waals surface area contributed by atoms with Gasteiger partial charge in [-0.25, -0.2) is 0 Å². The number of aromatic hydroxyl groups is 1. The number of phenolic OH excluding ortho intramolecular Hbond substituents is 1. The summed E-state index contributed by atoms with van der Waals surface area (Å²) in [6.07, 6.45) is 1.34. The van der Waals surface area contributed by atoms with Crippen LogP contribution in [0.1, 0.15) is 12.0 Å². The van der Waals surface area contributed by atoms with Crippen molar-refractivity contribution in [1.82, 2.24) is 4.90 Å². The van der Waals surface area contributed by atoms with Gasteiger partial charge in [0.25, 0.3) is 5.91 Å². The van der Waals surface area contributed by atoms with E-state index < -0.39 is 5.97 Å². The van der Waals surface area contributed by atoms with E-state index in [0.29, 0.717) is 20.5 Å². The van der Waals surface area contributed by atoms with E-state index in [-0.39, 0.29) is 24.6 Å². The molecule has 2 N–H and O–H groups in total. The van der Waals surface area contributed by atoms with Crippen LogP contribution in [0.25, 0.3) is 6.08 Å². The summed E-state index contributed by atoms with van der Waals surface area (Å²) in [7, 11) is 1.43. The molecule has 1 aromatic carbocycles. The van der Waals surface area contributed by atoms with Crippen LogP contribution in [-0.2, 0) is 9.59 Å². The van der Waals surface area contributed by atoms with Crippen molar-refractivity contribution in [2.45, 2.75) is 6.42 Å². The highest BCUT2D eigenvalue weighted by molar-refractivity contribution is 8.26. The van der Waals surface area contributed by atoms with E-state index in [4.69, 9.17) is 22.1 Å². The molecule has 0 bridgehead atoms. The largest absolute Gasteiger partial charge is 0.504 e. The molecule has 0 saturated carbocycles. The number of thiocarbonyl (C=S) groups is 1.